The van der Waals surface area contributed by atoms with Crippen LogP contribution >= 0.6 is 0 Å². The summed E-state index contributed by atoms with van der Waals surface area (Å²) in [5, 5.41) is 0. The van der Waals surface area contributed by atoms with Gasteiger partial charge in [0, 0.05) is 17.3 Å². The van der Waals surface area contributed by atoms with E-state index < -0.39 is 0 Å². The molecule has 1 nitrogen and oxygen atoms in total. The molecular formula is C8H13N. The Labute approximate surface area is 56.5 Å². The maximum absolute atomic E-state index is 4.24. The fourth-order valence-corrected chi connectivity index (χ4v) is 0.992. The van der Waals surface area contributed by atoms with E-state index in [0.717, 1.165) is 6.42 Å². The van der Waals surface area contributed by atoms with Crippen LogP contribution in [0.15, 0.2) is 16.8 Å². The van der Waals surface area contributed by atoms with E-state index in [0.29, 0.717) is 5.41 Å². The maximum atomic E-state index is 4.24. The van der Waals surface area contributed by atoms with E-state index in [9.17, 15) is 0 Å². The molecular weight excluding hydrogens is 110 g/mol. The first kappa shape index (κ1) is 6.53. The average Bonchev–Trinajstić information content (AvgIpc) is 2.10. The third-order valence-corrected chi connectivity index (χ3v) is 1.55. The monoisotopic (exact) mass is 123 g/mol. The molecule has 0 saturated heterocycles. The van der Waals surface area contributed by atoms with Crippen molar-refractivity contribution in [2.24, 2.45) is 10.4 Å². The van der Waals surface area contributed by atoms with E-state index >= 15 is 0 Å². The molecule has 0 saturated carbocycles. The predicted molar refractivity (Wildman–Crippen MR) is 40.6 cm³/mol. The van der Waals surface area contributed by atoms with E-state index in [1.807, 2.05) is 13.1 Å². The topological polar surface area (TPSA) is 12.4 Å². The van der Waals surface area contributed by atoms with Gasteiger partial charge in [0.2, 0.25) is 0 Å². The van der Waals surface area contributed by atoms with Crippen molar-refractivity contribution in [2.75, 3.05) is 0 Å². The van der Waals surface area contributed by atoms with Gasteiger partial charge in [0.1, 0.15) is 0 Å². The summed E-state index contributed by atoms with van der Waals surface area (Å²) >= 11 is 0. The third-order valence-electron chi connectivity index (χ3n) is 1.55. The third kappa shape index (κ3) is 1.41. The highest BCUT2D eigenvalue weighted by Gasteiger charge is 2.21. The first-order chi connectivity index (χ1) is 4.14. The summed E-state index contributed by atoms with van der Waals surface area (Å²) in [6.07, 6.45) is 5.21. The fourth-order valence-electron chi connectivity index (χ4n) is 0.992. The number of hydrogen-bond donors (Lipinski definition) is 0. The van der Waals surface area contributed by atoms with Gasteiger partial charge in [-0.25, -0.2) is 0 Å². The summed E-state index contributed by atoms with van der Waals surface area (Å²) in [6.45, 7) is 6.44. The van der Waals surface area contributed by atoms with Gasteiger partial charge < -0.3 is 0 Å². The Hall–Kier alpha value is -0.590. The Bertz CT molecular complexity index is 163. The Balaban J connectivity index is 2.71. The van der Waals surface area contributed by atoms with Gasteiger partial charge in [0.25, 0.3) is 0 Å². The zero-order chi connectivity index (χ0) is 6.91. The van der Waals surface area contributed by atoms with E-state index in [1.54, 1.807) is 0 Å². The van der Waals surface area contributed by atoms with Crippen LogP contribution in [0.4, 0.5) is 0 Å². The standard InChI is InChI=1S/C8H13N/c1-4-7-5-8(2,3)6-9-7/h4,6H,5H2,1-3H3/b7-4-. The second kappa shape index (κ2) is 1.98. The number of rotatable bonds is 0. The van der Waals surface area contributed by atoms with Gasteiger partial charge >= 0.3 is 0 Å². The molecule has 1 heteroatoms. The summed E-state index contributed by atoms with van der Waals surface area (Å²) in [5.41, 5.74) is 1.53. The highest BCUT2D eigenvalue weighted by atomic mass is 14.8. The van der Waals surface area contributed by atoms with Gasteiger partial charge in [-0.05, 0) is 13.3 Å². The largest absolute Gasteiger partial charge is 0.265 e. The van der Waals surface area contributed by atoms with Crippen molar-refractivity contribution in [1.82, 2.24) is 0 Å². The quantitative estimate of drug-likeness (QED) is 0.469. The second-order valence-corrected chi connectivity index (χ2v) is 3.20. The molecule has 0 radical (unpaired) electrons. The van der Waals surface area contributed by atoms with E-state index in [2.05, 4.69) is 24.9 Å². The molecule has 0 atom stereocenters. The normalized spacial score (nSPS) is 27.7. The van der Waals surface area contributed by atoms with Gasteiger partial charge in [-0.3, -0.25) is 4.99 Å². The van der Waals surface area contributed by atoms with Crippen molar-refractivity contribution in [3.8, 4) is 0 Å². The molecule has 50 valence electrons. The van der Waals surface area contributed by atoms with Crippen LogP contribution in [0, 0.1) is 5.41 Å². The molecule has 0 aromatic rings. The van der Waals surface area contributed by atoms with Crippen LogP contribution in [0.5, 0.6) is 0 Å². The van der Waals surface area contributed by atoms with Gasteiger partial charge in [-0.1, -0.05) is 19.9 Å². The molecule has 0 aromatic carbocycles. The van der Waals surface area contributed by atoms with Crippen LogP contribution in [-0.2, 0) is 0 Å². The van der Waals surface area contributed by atoms with Crippen molar-refractivity contribution in [1.29, 1.82) is 0 Å². The molecule has 0 aliphatic carbocycles. The maximum Gasteiger partial charge on any atom is 0.0366 e. The second-order valence-electron chi connectivity index (χ2n) is 3.20. The first-order valence-corrected chi connectivity index (χ1v) is 3.34. The van der Waals surface area contributed by atoms with E-state index in [4.69, 9.17) is 0 Å². The summed E-state index contributed by atoms with van der Waals surface area (Å²) < 4.78 is 0. The SMILES string of the molecule is C/C=C1/CC(C)(C)C=N1. The Kier molecular flexibility index (Phi) is 1.43. The summed E-state index contributed by atoms with van der Waals surface area (Å²) in [6, 6.07) is 0. The molecule has 1 aliphatic rings. The molecule has 0 amide bonds. The smallest absolute Gasteiger partial charge is 0.0366 e. The lowest BCUT2D eigenvalue weighted by atomic mass is 9.92. The molecule has 9 heavy (non-hydrogen) atoms. The number of nitrogens with zero attached hydrogens (tertiary/aromatic N) is 1. The molecule has 0 bridgehead atoms. The molecule has 1 heterocycles. The van der Waals surface area contributed by atoms with Gasteiger partial charge in [-0.2, -0.15) is 0 Å². The minimum atomic E-state index is 0.307. The summed E-state index contributed by atoms with van der Waals surface area (Å²) in [7, 11) is 0. The fraction of sp³-hybridized carbons (Fsp3) is 0.625. The van der Waals surface area contributed by atoms with Crippen molar-refractivity contribution >= 4 is 6.21 Å². The first-order valence-electron chi connectivity index (χ1n) is 3.34. The molecule has 0 unspecified atom stereocenters. The van der Waals surface area contributed by atoms with Gasteiger partial charge in [0.15, 0.2) is 0 Å². The summed E-state index contributed by atoms with van der Waals surface area (Å²) in [5.74, 6) is 0. The number of aliphatic imine (C=N–C) groups is 1. The number of allylic oxidation sites excluding steroid dienone is 2. The molecule has 0 N–H and O–H groups in total. The molecule has 0 aromatic heterocycles. The minimum Gasteiger partial charge on any atom is -0.265 e. The van der Waals surface area contributed by atoms with Crippen LogP contribution in [0.25, 0.3) is 0 Å². The highest BCUT2D eigenvalue weighted by Crippen LogP contribution is 2.29. The highest BCUT2D eigenvalue weighted by molar-refractivity contribution is 5.69. The predicted octanol–water partition coefficient (Wildman–Crippen LogP) is 2.39. The Morgan fingerprint density at radius 3 is 2.56 bits per heavy atom. The van der Waals surface area contributed by atoms with Crippen LogP contribution in [0.2, 0.25) is 0 Å². The van der Waals surface area contributed by atoms with Gasteiger partial charge in [0.05, 0.1) is 0 Å². The van der Waals surface area contributed by atoms with Crippen molar-refractivity contribution < 1.29 is 0 Å². The van der Waals surface area contributed by atoms with Crippen LogP contribution in [0.1, 0.15) is 27.2 Å². The zero-order valence-electron chi connectivity index (χ0n) is 6.31. The lowest BCUT2D eigenvalue weighted by Gasteiger charge is -2.10. The molecule has 0 fully saturated rings. The van der Waals surface area contributed by atoms with Crippen molar-refractivity contribution in [3.63, 3.8) is 0 Å². The zero-order valence-corrected chi connectivity index (χ0v) is 6.31. The van der Waals surface area contributed by atoms with Crippen molar-refractivity contribution in [2.45, 2.75) is 27.2 Å². The van der Waals surface area contributed by atoms with E-state index in [-0.39, 0.29) is 0 Å². The van der Waals surface area contributed by atoms with Crippen molar-refractivity contribution in [3.05, 3.63) is 11.8 Å². The lowest BCUT2D eigenvalue weighted by molar-refractivity contribution is 0.552. The Morgan fingerprint density at radius 2 is 2.33 bits per heavy atom. The number of hydrogen-bond acceptors (Lipinski definition) is 1. The molecule has 1 aliphatic heterocycles. The minimum absolute atomic E-state index is 0.307. The van der Waals surface area contributed by atoms with E-state index in [1.165, 1.54) is 5.70 Å². The average molecular weight is 123 g/mol. The van der Waals surface area contributed by atoms with Crippen LogP contribution < -0.4 is 0 Å². The lowest BCUT2D eigenvalue weighted by Crippen LogP contribution is -2.06. The Morgan fingerprint density at radius 1 is 1.67 bits per heavy atom. The van der Waals surface area contributed by atoms with Crippen LogP contribution in [0.3, 0.4) is 0 Å². The molecule has 1 rings (SSSR count). The van der Waals surface area contributed by atoms with Crippen LogP contribution in [-0.4, -0.2) is 6.21 Å². The van der Waals surface area contributed by atoms with Gasteiger partial charge in [-0.15, -0.1) is 0 Å². The summed E-state index contributed by atoms with van der Waals surface area (Å²) in [4.78, 5) is 4.24. The molecule has 0 spiro atoms.